The minimum atomic E-state index is -0.316. The van der Waals surface area contributed by atoms with Crippen LogP contribution in [0.1, 0.15) is 28.0 Å². The summed E-state index contributed by atoms with van der Waals surface area (Å²) in [4.78, 5) is 32.3. The van der Waals surface area contributed by atoms with Crippen molar-refractivity contribution in [1.82, 2.24) is 19.9 Å². The number of ether oxygens (including phenoxy) is 1. The molecule has 4 rings (SSSR count). The molecule has 1 N–H and O–H groups in total. The van der Waals surface area contributed by atoms with E-state index in [0.717, 1.165) is 38.5 Å². The van der Waals surface area contributed by atoms with Gasteiger partial charge in [0.15, 0.2) is 0 Å². The van der Waals surface area contributed by atoms with E-state index in [1.807, 2.05) is 43.1 Å². The summed E-state index contributed by atoms with van der Waals surface area (Å²) in [5, 5.41) is 0.879. The highest BCUT2D eigenvalue weighted by Gasteiger charge is 2.22. The van der Waals surface area contributed by atoms with Gasteiger partial charge in [-0.05, 0) is 31.5 Å². The number of aromatic nitrogens is 4. The molecule has 0 amide bonds. The molecule has 27 heavy (non-hydrogen) atoms. The van der Waals surface area contributed by atoms with Crippen molar-refractivity contribution < 1.29 is 9.53 Å². The Bertz CT molecular complexity index is 1100. The van der Waals surface area contributed by atoms with Gasteiger partial charge in [0.2, 0.25) is 0 Å². The van der Waals surface area contributed by atoms with E-state index in [1.165, 1.54) is 17.7 Å². The highest BCUT2D eigenvalue weighted by atomic mass is 32.1. The number of H-pyrrole nitrogens is 1. The average molecular weight is 381 g/mol. The van der Waals surface area contributed by atoms with E-state index in [1.54, 1.807) is 6.92 Å². The predicted octanol–water partition coefficient (Wildman–Crippen LogP) is 3.69. The molecule has 1 aromatic carbocycles. The minimum absolute atomic E-state index is 0.316. The second-order valence-corrected chi connectivity index (χ2v) is 7.21. The zero-order chi connectivity index (χ0) is 19.0. The van der Waals surface area contributed by atoms with E-state index in [-0.39, 0.29) is 5.97 Å². The summed E-state index contributed by atoms with van der Waals surface area (Å²) in [6, 6.07) is 7.93. The van der Waals surface area contributed by atoms with E-state index < -0.39 is 0 Å². The Morgan fingerprint density at radius 1 is 1.30 bits per heavy atom. The lowest BCUT2D eigenvalue weighted by Crippen LogP contribution is -2.19. The van der Waals surface area contributed by atoms with Gasteiger partial charge in [0.25, 0.3) is 0 Å². The van der Waals surface area contributed by atoms with Crippen LogP contribution in [-0.4, -0.2) is 39.6 Å². The Morgan fingerprint density at radius 2 is 2.11 bits per heavy atom. The van der Waals surface area contributed by atoms with Gasteiger partial charge in [0.1, 0.15) is 27.7 Å². The lowest BCUT2D eigenvalue weighted by Gasteiger charge is -2.17. The van der Waals surface area contributed by atoms with Gasteiger partial charge in [-0.2, -0.15) is 0 Å². The number of hydrogen-bond acceptors (Lipinski definition) is 7. The quantitative estimate of drug-likeness (QED) is 0.531. The zero-order valence-corrected chi connectivity index (χ0v) is 16.1. The number of anilines is 1. The molecular formula is C19H19N5O2S. The molecule has 0 bridgehead atoms. The number of esters is 1. The molecule has 0 saturated heterocycles. The number of carbonyl (C=O) groups is 1. The Kier molecular flexibility index (Phi) is 4.49. The lowest BCUT2D eigenvalue weighted by atomic mass is 10.2. The Balaban J connectivity index is 1.70. The van der Waals surface area contributed by atoms with Crippen molar-refractivity contribution in [3.63, 3.8) is 0 Å². The summed E-state index contributed by atoms with van der Waals surface area (Å²) in [7, 11) is 1.95. The number of aromatic amines is 1. The second-order valence-electron chi connectivity index (χ2n) is 6.21. The Hall–Kier alpha value is -3.00. The van der Waals surface area contributed by atoms with E-state index >= 15 is 0 Å². The van der Waals surface area contributed by atoms with Gasteiger partial charge in [0.05, 0.1) is 29.6 Å². The number of benzene rings is 1. The van der Waals surface area contributed by atoms with Crippen LogP contribution < -0.4 is 4.90 Å². The first-order chi connectivity index (χ1) is 13.1. The van der Waals surface area contributed by atoms with E-state index in [2.05, 4.69) is 19.9 Å². The van der Waals surface area contributed by atoms with Crippen molar-refractivity contribution in [2.45, 2.75) is 20.4 Å². The molecule has 0 atom stereocenters. The molecule has 4 aromatic rings. The number of carbonyl (C=O) groups excluding carboxylic acids is 1. The fourth-order valence-electron chi connectivity index (χ4n) is 3.11. The minimum Gasteiger partial charge on any atom is -0.462 e. The van der Waals surface area contributed by atoms with Gasteiger partial charge in [-0.25, -0.2) is 19.7 Å². The molecule has 0 aliphatic carbocycles. The molecule has 8 heteroatoms. The number of aryl methyl sites for hydroxylation is 1. The van der Waals surface area contributed by atoms with E-state index in [4.69, 9.17) is 4.74 Å². The highest BCUT2D eigenvalue weighted by molar-refractivity contribution is 7.20. The Morgan fingerprint density at radius 3 is 2.89 bits per heavy atom. The highest BCUT2D eigenvalue weighted by Crippen LogP contribution is 2.35. The predicted molar refractivity (Wildman–Crippen MR) is 106 cm³/mol. The third-order valence-electron chi connectivity index (χ3n) is 4.35. The van der Waals surface area contributed by atoms with Crippen LogP contribution in [0.3, 0.4) is 0 Å². The SMILES string of the molecule is CCOC(=O)c1sc2ncnc(N(C)Cc3nc4ccccc4[nH]3)c2c1C. The smallest absolute Gasteiger partial charge is 0.348 e. The number of para-hydroxylation sites is 2. The number of hydrogen-bond donors (Lipinski definition) is 1. The van der Waals surface area contributed by atoms with Crippen LogP contribution in [-0.2, 0) is 11.3 Å². The zero-order valence-electron chi connectivity index (χ0n) is 15.3. The number of thiophene rings is 1. The molecule has 0 unspecified atom stereocenters. The van der Waals surface area contributed by atoms with Crippen LogP contribution in [0.4, 0.5) is 5.82 Å². The first-order valence-corrected chi connectivity index (χ1v) is 9.46. The molecule has 3 heterocycles. The third kappa shape index (κ3) is 3.12. The first-order valence-electron chi connectivity index (χ1n) is 8.64. The maximum absolute atomic E-state index is 12.2. The second kappa shape index (κ2) is 6.96. The van der Waals surface area contributed by atoms with Gasteiger partial charge < -0.3 is 14.6 Å². The van der Waals surface area contributed by atoms with Gasteiger partial charge in [-0.3, -0.25) is 0 Å². The fourth-order valence-corrected chi connectivity index (χ4v) is 4.15. The largest absolute Gasteiger partial charge is 0.462 e. The van der Waals surface area contributed by atoms with Crippen molar-refractivity contribution in [3.8, 4) is 0 Å². The number of fused-ring (bicyclic) bond motifs is 2. The van der Waals surface area contributed by atoms with E-state index in [9.17, 15) is 4.79 Å². The summed E-state index contributed by atoms with van der Waals surface area (Å²) >= 11 is 1.34. The van der Waals surface area contributed by atoms with Gasteiger partial charge >= 0.3 is 5.97 Å². The summed E-state index contributed by atoms with van der Waals surface area (Å²) in [5.41, 5.74) is 2.79. The van der Waals surface area contributed by atoms with Crippen molar-refractivity contribution in [1.29, 1.82) is 0 Å². The number of nitrogens with one attached hydrogen (secondary N) is 1. The maximum Gasteiger partial charge on any atom is 0.348 e. The molecule has 0 aliphatic heterocycles. The van der Waals surface area contributed by atoms with Gasteiger partial charge in [0, 0.05) is 7.05 Å². The molecular weight excluding hydrogens is 362 g/mol. The topological polar surface area (TPSA) is 84.0 Å². The number of nitrogens with zero attached hydrogens (tertiary/aromatic N) is 4. The molecule has 138 valence electrons. The van der Waals surface area contributed by atoms with Crippen molar-refractivity contribution in [2.24, 2.45) is 0 Å². The molecule has 0 radical (unpaired) electrons. The molecule has 0 fully saturated rings. The first kappa shape index (κ1) is 17.4. The summed E-state index contributed by atoms with van der Waals surface area (Å²) < 4.78 is 5.16. The van der Waals surface area contributed by atoms with Crippen molar-refractivity contribution in [3.05, 3.63) is 46.9 Å². The van der Waals surface area contributed by atoms with Crippen LogP contribution in [0.2, 0.25) is 0 Å². The van der Waals surface area contributed by atoms with Crippen LogP contribution >= 0.6 is 11.3 Å². The van der Waals surface area contributed by atoms with Crippen molar-refractivity contribution in [2.75, 3.05) is 18.6 Å². The average Bonchev–Trinajstić information content (AvgIpc) is 3.22. The van der Waals surface area contributed by atoms with Crippen LogP contribution in [0.25, 0.3) is 21.3 Å². The van der Waals surface area contributed by atoms with Gasteiger partial charge in [-0.15, -0.1) is 11.3 Å². The summed E-state index contributed by atoms with van der Waals surface area (Å²) in [6.45, 7) is 4.61. The number of rotatable bonds is 5. The van der Waals surface area contributed by atoms with Crippen LogP contribution in [0.15, 0.2) is 30.6 Å². The maximum atomic E-state index is 12.2. The molecule has 7 nitrogen and oxygen atoms in total. The molecule has 0 aliphatic rings. The molecule has 0 spiro atoms. The lowest BCUT2D eigenvalue weighted by molar-refractivity contribution is 0.0531. The van der Waals surface area contributed by atoms with Crippen molar-refractivity contribution >= 4 is 44.4 Å². The van der Waals surface area contributed by atoms with Gasteiger partial charge in [-0.1, -0.05) is 12.1 Å². The Labute approximate surface area is 160 Å². The monoisotopic (exact) mass is 381 g/mol. The molecule has 0 saturated carbocycles. The third-order valence-corrected chi connectivity index (χ3v) is 5.53. The summed E-state index contributed by atoms with van der Waals surface area (Å²) in [6.07, 6.45) is 1.53. The fraction of sp³-hybridized carbons (Fsp3) is 0.263. The van der Waals surface area contributed by atoms with Crippen LogP contribution in [0.5, 0.6) is 0 Å². The normalized spacial score (nSPS) is 11.2. The van der Waals surface area contributed by atoms with Crippen LogP contribution in [0, 0.1) is 6.92 Å². The number of imidazole rings is 1. The molecule has 3 aromatic heterocycles. The standard InChI is InChI=1S/C19H19N5O2S/c1-4-26-19(25)16-11(2)15-17(20-10-21-18(15)27-16)24(3)9-14-22-12-7-5-6-8-13(12)23-14/h5-8,10H,4,9H2,1-3H3,(H,22,23). The summed E-state index contributed by atoms with van der Waals surface area (Å²) in [5.74, 6) is 1.30. The van der Waals surface area contributed by atoms with E-state index in [0.29, 0.717) is 18.0 Å².